The lowest BCUT2D eigenvalue weighted by atomic mass is 9.97. The second kappa shape index (κ2) is 12.6. The number of amides is 1. The maximum atomic E-state index is 12.3. The lowest BCUT2D eigenvalue weighted by molar-refractivity contribution is -0.152. The molecule has 0 spiro atoms. The maximum Gasteiger partial charge on any atom is 0.323 e. The fourth-order valence-electron chi connectivity index (χ4n) is 5.20. The largest absolute Gasteiger partial charge is 0.480 e. The van der Waals surface area contributed by atoms with Crippen LogP contribution in [0.2, 0.25) is 0 Å². The molecular formula is C27H41N3O5. The van der Waals surface area contributed by atoms with E-state index in [9.17, 15) is 14.7 Å². The molecule has 1 saturated heterocycles. The van der Waals surface area contributed by atoms with Gasteiger partial charge in [-0.25, -0.2) is 5.48 Å². The molecule has 35 heavy (non-hydrogen) atoms. The zero-order chi connectivity index (χ0) is 25.4. The number of carbonyl (C=O) groups excluding carboxylic acids is 1. The molecule has 1 unspecified atom stereocenters. The van der Waals surface area contributed by atoms with Crippen molar-refractivity contribution < 1.29 is 24.6 Å². The summed E-state index contributed by atoms with van der Waals surface area (Å²) >= 11 is 0. The number of carboxylic acid groups (broad SMARTS) is 1. The minimum absolute atomic E-state index is 0.219. The van der Waals surface area contributed by atoms with Gasteiger partial charge in [0.05, 0.1) is 12.2 Å². The van der Waals surface area contributed by atoms with Crippen molar-refractivity contribution in [1.82, 2.24) is 15.3 Å². The summed E-state index contributed by atoms with van der Waals surface area (Å²) in [6.07, 6.45) is 9.32. The molecule has 1 atom stereocenters. The zero-order valence-corrected chi connectivity index (χ0v) is 21.3. The summed E-state index contributed by atoms with van der Waals surface area (Å²) in [5.74, 6) is -1.34. The molecule has 2 fully saturated rings. The third-order valence-corrected chi connectivity index (χ3v) is 6.97. The van der Waals surface area contributed by atoms with Gasteiger partial charge >= 0.3 is 5.97 Å². The molecule has 0 aromatic heterocycles. The summed E-state index contributed by atoms with van der Waals surface area (Å²) < 4.78 is 5.96. The lowest BCUT2D eigenvalue weighted by Crippen LogP contribution is -2.57. The van der Waals surface area contributed by atoms with Crippen LogP contribution in [0.1, 0.15) is 70.4 Å². The molecule has 1 saturated carbocycles. The number of hydrogen-bond acceptors (Lipinski definition) is 6. The van der Waals surface area contributed by atoms with Gasteiger partial charge in [-0.2, -0.15) is 0 Å². The first-order valence-corrected chi connectivity index (χ1v) is 12.7. The number of hydrogen-bond donors (Lipinski definition) is 3. The van der Waals surface area contributed by atoms with Gasteiger partial charge in [-0.15, -0.1) is 0 Å². The molecular weight excluding hydrogens is 446 g/mol. The normalized spacial score (nSPS) is 19.5. The van der Waals surface area contributed by atoms with E-state index in [-0.39, 0.29) is 18.2 Å². The van der Waals surface area contributed by atoms with Crippen LogP contribution in [0.25, 0.3) is 6.08 Å². The number of rotatable bonds is 10. The highest BCUT2D eigenvalue weighted by Crippen LogP contribution is 2.31. The van der Waals surface area contributed by atoms with Crippen LogP contribution in [0.3, 0.4) is 0 Å². The Morgan fingerprint density at radius 3 is 2.26 bits per heavy atom. The maximum absolute atomic E-state index is 12.3. The Morgan fingerprint density at radius 2 is 1.71 bits per heavy atom. The van der Waals surface area contributed by atoms with Crippen LogP contribution in [-0.2, 0) is 20.9 Å². The second-order valence-corrected chi connectivity index (χ2v) is 10.7. The van der Waals surface area contributed by atoms with E-state index in [4.69, 9.17) is 9.94 Å². The Bertz CT molecular complexity index is 851. The standard InChI is InChI=1S/C27H41N3O5/c1-27(2,3)35-19-24(26(32)33)30(22-6-4-5-7-22)23-14-16-29(17-15-23)18-21-10-8-20(9-11-21)12-13-25(31)28-34/h8-13,22-24,34H,4-7,14-19H2,1-3H3,(H,28,31)(H,32,33). The SMILES string of the molecule is CC(C)(C)OCC(C(=O)O)N(C1CCCC1)C1CCN(Cc2ccc(C=CC(=O)NO)cc2)CC1. The molecule has 1 aromatic rings. The first kappa shape index (κ1) is 27.3. The number of piperidine rings is 1. The number of carboxylic acids is 1. The van der Waals surface area contributed by atoms with E-state index in [1.54, 1.807) is 11.6 Å². The van der Waals surface area contributed by atoms with Crippen molar-refractivity contribution in [2.45, 2.75) is 89.6 Å². The van der Waals surface area contributed by atoms with E-state index < -0.39 is 17.9 Å². The summed E-state index contributed by atoms with van der Waals surface area (Å²) in [5, 5.41) is 18.7. The highest BCUT2D eigenvalue weighted by molar-refractivity contribution is 5.90. The Morgan fingerprint density at radius 1 is 1.11 bits per heavy atom. The number of likely N-dealkylation sites (tertiary alicyclic amines) is 1. The second-order valence-electron chi connectivity index (χ2n) is 10.7. The zero-order valence-electron chi connectivity index (χ0n) is 21.3. The minimum atomic E-state index is -0.783. The molecule has 1 aliphatic heterocycles. The van der Waals surface area contributed by atoms with Gasteiger partial charge in [-0.3, -0.25) is 24.6 Å². The van der Waals surface area contributed by atoms with Gasteiger partial charge in [0.15, 0.2) is 0 Å². The van der Waals surface area contributed by atoms with Gasteiger partial charge in [0.1, 0.15) is 6.04 Å². The number of hydroxylamine groups is 1. The van der Waals surface area contributed by atoms with Gasteiger partial charge in [0.2, 0.25) is 0 Å². The van der Waals surface area contributed by atoms with Crippen LogP contribution in [0.5, 0.6) is 0 Å². The van der Waals surface area contributed by atoms with E-state index in [1.807, 2.05) is 32.9 Å². The van der Waals surface area contributed by atoms with Crippen LogP contribution >= 0.6 is 0 Å². The Hall–Kier alpha value is -2.26. The third kappa shape index (κ3) is 8.42. The Balaban J connectivity index is 1.60. The van der Waals surface area contributed by atoms with E-state index in [1.165, 1.54) is 24.5 Å². The highest BCUT2D eigenvalue weighted by Gasteiger charge is 2.39. The molecule has 1 heterocycles. The van der Waals surface area contributed by atoms with E-state index >= 15 is 0 Å². The van der Waals surface area contributed by atoms with E-state index in [2.05, 4.69) is 21.9 Å². The highest BCUT2D eigenvalue weighted by atomic mass is 16.5. The first-order valence-electron chi connectivity index (χ1n) is 12.7. The van der Waals surface area contributed by atoms with Crippen molar-refractivity contribution >= 4 is 18.0 Å². The molecule has 3 N–H and O–H groups in total. The van der Waals surface area contributed by atoms with Gasteiger partial charge in [0.25, 0.3) is 5.91 Å². The molecule has 3 rings (SSSR count). The first-order chi connectivity index (χ1) is 16.7. The average Bonchev–Trinajstić information content (AvgIpc) is 3.35. The summed E-state index contributed by atoms with van der Waals surface area (Å²) in [6, 6.07) is 7.99. The molecule has 8 nitrogen and oxygen atoms in total. The number of aliphatic carboxylic acids is 1. The summed E-state index contributed by atoms with van der Waals surface area (Å²) in [4.78, 5) is 28.2. The van der Waals surface area contributed by atoms with Crippen molar-refractivity contribution in [3.8, 4) is 0 Å². The smallest absolute Gasteiger partial charge is 0.323 e. The molecule has 1 amide bonds. The number of benzene rings is 1. The van der Waals surface area contributed by atoms with Crippen molar-refractivity contribution in [1.29, 1.82) is 0 Å². The molecule has 0 bridgehead atoms. The van der Waals surface area contributed by atoms with E-state index in [0.29, 0.717) is 6.04 Å². The third-order valence-electron chi connectivity index (χ3n) is 6.97. The van der Waals surface area contributed by atoms with Crippen molar-refractivity contribution in [2.24, 2.45) is 0 Å². The molecule has 194 valence electrons. The number of ether oxygens (including phenoxy) is 1. The predicted molar refractivity (Wildman–Crippen MR) is 135 cm³/mol. The van der Waals surface area contributed by atoms with E-state index in [0.717, 1.165) is 50.9 Å². The summed E-state index contributed by atoms with van der Waals surface area (Å²) in [5.41, 5.74) is 3.30. The van der Waals surface area contributed by atoms with Crippen LogP contribution in [0.4, 0.5) is 0 Å². The van der Waals surface area contributed by atoms with Gasteiger partial charge < -0.3 is 9.84 Å². The minimum Gasteiger partial charge on any atom is -0.480 e. The van der Waals surface area contributed by atoms with Crippen LogP contribution in [0.15, 0.2) is 30.3 Å². The van der Waals surface area contributed by atoms with Crippen molar-refractivity contribution in [3.05, 3.63) is 41.5 Å². The Labute approximate surface area is 208 Å². The fourth-order valence-corrected chi connectivity index (χ4v) is 5.20. The quantitative estimate of drug-likeness (QED) is 0.263. The topological polar surface area (TPSA) is 102 Å². The van der Waals surface area contributed by atoms with Crippen LogP contribution in [-0.4, -0.2) is 75.4 Å². The average molecular weight is 488 g/mol. The van der Waals surface area contributed by atoms with Gasteiger partial charge in [-0.1, -0.05) is 37.1 Å². The number of carbonyl (C=O) groups is 2. The molecule has 0 radical (unpaired) electrons. The summed E-state index contributed by atoms with van der Waals surface area (Å²) in [6.45, 7) is 8.83. The number of nitrogens with one attached hydrogen (secondary N) is 1. The molecule has 2 aliphatic rings. The molecule has 1 aromatic carbocycles. The predicted octanol–water partition coefficient (Wildman–Crippen LogP) is 3.68. The van der Waals surface area contributed by atoms with Gasteiger partial charge in [-0.05, 0) is 76.7 Å². The fraction of sp³-hybridized carbons (Fsp3) is 0.630. The monoisotopic (exact) mass is 487 g/mol. The van der Waals surface area contributed by atoms with Crippen LogP contribution in [0, 0.1) is 0 Å². The van der Waals surface area contributed by atoms with Crippen LogP contribution < -0.4 is 5.48 Å². The summed E-state index contributed by atoms with van der Waals surface area (Å²) in [7, 11) is 0. The number of nitrogens with zero attached hydrogens (tertiary/aromatic N) is 2. The molecule has 8 heteroatoms. The van der Waals surface area contributed by atoms with Crippen molar-refractivity contribution in [2.75, 3.05) is 19.7 Å². The Kier molecular flexibility index (Phi) is 9.86. The molecule has 1 aliphatic carbocycles. The van der Waals surface area contributed by atoms with Gasteiger partial charge in [0, 0.05) is 24.7 Å². The lowest BCUT2D eigenvalue weighted by Gasteiger charge is -2.44. The van der Waals surface area contributed by atoms with Crippen molar-refractivity contribution in [3.63, 3.8) is 0 Å².